The molecule has 1 aliphatic heterocycles. The molecule has 1 spiro atoms. The van der Waals surface area contributed by atoms with Gasteiger partial charge in [-0.3, -0.25) is 0 Å². The van der Waals surface area contributed by atoms with Crippen molar-refractivity contribution in [1.29, 1.82) is 0 Å². The molecule has 0 fully saturated rings. The molecule has 9 aromatic carbocycles. The molecule has 9 heteroatoms. The third-order valence-electron chi connectivity index (χ3n) is 12.8. The van der Waals surface area contributed by atoms with Crippen LogP contribution in [0.1, 0.15) is 22.3 Å². The highest BCUT2D eigenvalue weighted by atomic mass is 32.1. The number of benzene rings is 9. The molecule has 2 aromatic heterocycles. The molecule has 0 bridgehead atoms. The van der Waals surface area contributed by atoms with Gasteiger partial charge in [0.05, 0.1) is 22.5 Å². The van der Waals surface area contributed by atoms with E-state index in [2.05, 4.69) is 18.2 Å². The first-order valence-electron chi connectivity index (χ1n) is 20.1. The minimum absolute atomic E-state index is 0.104. The Kier molecular flexibility index (Phi) is 6.84. The second-order valence-corrected chi connectivity index (χ2v) is 17.0. The largest absolute Gasteiger partial charge is 0.504 e. The number of rotatable bonds is 3. The molecular formula is C53H31NO7S. The average Bonchev–Trinajstić information content (AvgIpc) is 3.96. The summed E-state index contributed by atoms with van der Waals surface area (Å²) in [5.74, 6) is -1.91. The number of thiophene rings is 1. The van der Waals surface area contributed by atoms with Crippen molar-refractivity contribution in [3.8, 4) is 51.4 Å². The summed E-state index contributed by atoms with van der Waals surface area (Å²) in [6.45, 7) is 0. The zero-order chi connectivity index (χ0) is 41.6. The Bertz CT molecular complexity index is 3720. The number of anilines is 3. The predicted octanol–water partition coefficient (Wildman–Crippen LogP) is 13.6. The summed E-state index contributed by atoms with van der Waals surface area (Å²) < 4.78 is 15.0. The number of aromatic hydroxyl groups is 5. The van der Waals surface area contributed by atoms with E-state index in [1.165, 1.54) is 12.1 Å². The molecule has 3 heterocycles. The van der Waals surface area contributed by atoms with Gasteiger partial charge in [0.1, 0.15) is 11.2 Å². The highest BCUT2D eigenvalue weighted by Gasteiger charge is 2.56. The van der Waals surface area contributed by atoms with Gasteiger partial charge in [-0.1, -0.05) is 103 Å². The van der Waals surface area contributed by atoms with Crippen LogP contribution >= 0.6 is 11.3 Å². The van der Waals surface area contributed by atoms with Crippen molar-refractivity contribution in [2.75, 3.05) is 4.90 Å². The Hall–Kier alpha value is -8.14. The van der Waals surface area contributed by atoms with Crippen LogP contribution in [0.4, 0.5) is 17.1 Å². The van der Waals surface area contributed by atoms with Gasteiger partial charge in [-0.2, -0.15) is 0 Å². The Morgan fingerprint density at radius 3 is 1.94 bits per heavy atom. The van der Waals surface area contributed by atoms with E-state index in [0.717, 1.165) is 47.3 Å². The van der Waals surface area contributed by atoms with Gasteiger partial charge in [-0.05, 0) is 70.4 Å². The second kappa shape index (κ2) is 12.2. The number of fused-ring (bicyclic) bond motifs is 17. The monoisotopic (exact) mass is 825 g/mol. The molecule has 0 unspecified atom stereocenters. The summed E-state index contributed by atoms with van der Waals surface area (Å²) in [5, 5.41) is 66.4. The van der Waals surface area contributed by atoms with Crippen LogP contribution in [0.5, 0.6) is 40.2 Å². The van der Waals surface area contributed by atoms with Gasteiger partial charge in [-0.25, -0.2) is 0 Å². The van der Waals surface area contributed by atoms with Gasteiger partial charge in [0.15, 0.2) is 34.5 Å². The van der Waals surface area contributed by atoms with E-state index in [1.54, 1.807) is 23.5 Å². The second-order valence-electron chi connectivity index (χ2n) is 15.9. The van der Waals surface area contributed by atoms with Crippen LogP contribution in [0.2, 0.25) is 0 Å². The molecule has 296 valence electrons. The smallest absolute Gasteiger partial charge is 0.203 e. The number of ether oxygens (including phenoxy) is 1. The maximum Gasteiger partial charge on any atom is 0.203 e. The highest BCUT2D eigenvalue weighted by Crippen LogP contribution is 2.71. The number of phenols is 5. The molecule has 0 radical (unpaired) electrons. The van der Waals surface area contributed by atoms with Gasteiger partial charge < -0.3 is 39.6 Å². The number of nitrogens with zero attached hydrogens (tertiary/aromatic N) is 1. The van der Waals surface area contributed by atoms with Gasteiger partial charge in [-0.15, -0.1) is 11.3 Å². The number of furan rings is 1. The zero-order valence-electron chi connectivity index (χ0n) is 32.4. The van der Waals surface area contributed by atoms with E-state index in [9.17, 15) is 25.5 Å². The normalized spacial score (nSPS) is 13.4. The lowest BCUT2D eigenvalue weighted by Crippen LogP contribution is -2.33. The fourth-order valence-corrected chi connectivity index (χ4v) is 11.5. The summed E-state index contributed by atoms with van der Waals surface area (Å²) in [7, 11) is 0. The number of hydrogen-bond acceptors (Lipinski definition) is 9. The molecule has 8 nitrogen and oxygen atoms in total. The number of hydrogen-bond donors (Lipinski definition) is 5. The van der Waals surface area contributed by atoms with Gasteiger partial charge >= 0.3 is 0 Å². The van der Waals surface area contributed by atoms with Crippen LogP contribution < -0.4 is 9.64 Å². The van der Waals surface area contributed by atoms with Crippen LogP contribution in [0, 0.1) is 0 Å². The van der Waals surface area contributed by atoms with Crippen LogP contribution in [0.15, 0.2) is 162 Å². The molecule has 62 heavy (non-hydrogen) atoms. The summed E-state index contributed by atoms with van der Waals surface area (Å²) in [5.41, 5.74) is 4.28. The van der Waals surface area contributed by atoms with E-state index >= 15 is 0 Å². The van der Waals surface area contributed by atoms with Gasteiger partial charge in [0, 0.05) is 59.3 Å². The molecule has 1 aliphatic carbocycles. The fraction of sp³-hybridized carbons (Fsp3) is 0.0189. The van der Waals surface area contributed by atoms with E-state index < -0.39 is 22.7 Å². The lowest BCUT2D eigenvalue weighted by molar-refractivity contribution is 0.359. The molecule has 0 saturated carbocycles. The average molecular weight is 826 g/mol. The van der Waals surface area contributed by atoms with Crippen molar-refractivity contribution in [1.82, 2.24) is 0 Å². The summed E-state index contributed by atoms with van der Waals surface area (Å²) >= 11 is 1.65. The van der Waals surface area contributed by atoms with Crippen molar-refractivity contribution in [3.63, 3.8) is 0 Å². The van der Waals surface area contributed by atoms with Crippen LogP contribution in [-0.2, 0) is 5.41 Å². The lowest BCUT2D eigenvalue weighted by Gasteiger charge is -2.42. The maximum atomic E-state index is 12.9. The van der Waals surface area contributed by atoms with Crippen LogP contribution in [0.25, 0.3) is 64.0 Å². The Morgan fingerprint density at radius 1 is 0.484 bits per heavy atom. The summed E-state index contributed by atoms with van der Waals surface area (Å²) in [6, 6.07) is 50.0. The van der Waals surface area contributed by atoms with E-state index in [-0.39, 0.29) is 34.2 Å². The van der Waals surface area contributed by atoms with Crippen molar-refractivity contribution in [2.45, 2.75) is 5.41 Å². The van der Waals surface area contributed by atoms with E-state index in [1.807, 2.05) is 120 Å². The maximum absolute atomic E-state index is 12.9. The van der Waals surface area contributed by atoms with Crippen molar-refractivity contribution in [2.24, 2.45) is 0 Å². The van der Waals surface area contributed by atoms with Crippen LogP contribution in [-0.4, -0.2) is 25.5 Å². The highest BCUT2D eigenvalue weighted by molar-refractivity contribution is 7.26. The third-order valence-corrected chi connectivity index (χ3v) is 14.0. The quantitative estimate of drug-likeness (QED) is 0.111. The first-order chi connectivity index (χ1) is 30.3. The first-order valence-corrected chi connectivity index (χ1v) is 20.9. The summed E-state index contributed by atoms with van der Waals surface area (Å²) in [4.78, 5) is 1.94. The van der Waals surface area contributed by atoms with Gasteiger partial charge in [0.2, 0.25) is 5.75 Å². The van der Waals surface area contributed by atoms with E-state index in [4.69, 9.17) is 9.15 Å². The molecule has 0 atom stereocenters. The van der Waals surface area contributed by atoms with Gasteiger partial charge in [0.25, 0.3) is 0 Å². The minimum atomic E-state index is -1.49. The first kappa shape index (κ1) is 34.7. The molecule has 0 amide bonds. The fourth-order valence-electron chi connectivity index (χ4n) is 10.4. The predicted molar refractivity (Wildman–Crippen MR) is 244 cm³/mol. The number of para-hydroxylation sites is 3. The minimum Gasteiger partial charge on any atom is -0.504 e. The van der Waals surface area contributed by atoms with Crippen molar-refractivity contribution >= 4 is 81.3 Å². The molecule has 0 saturated heterocycles. The Balaban J connectivity index is 1.27. The SMILES string of the molecule is Oc1cccc2c1Oc1c(O)cccc1C21c2ccc3ccccc3c2-c2c(O)c(O)c(O)c(N(c3ccc4c(c3)oc3ccccc34)c3cccc4sc5ccccc5c34)c21. The molecule has 11 aromatic rings. The Morgan fingerprint density at radius 2 is 1.15 bits per heavy atom. The molecule has 2 aliphatic rings. The topological polar surface area (TPSA) is 127 Å². The lowest BCUT2D eigenvalue weighted by atomic mass is 9.65. The molecule has 13 rings (SSSR count). The molecular weight excluding hydrogens is 795 g/mol. The standard InChI is InChI=1S/C53H31NO7S/c55-37-17-7-14-34-51(37)61-52-35(15-8-18-38(52)56)53(34)33-25-22-27-10-1-2-11-29(27)43(33)45-46(53)47(49(58)50(59)48(45)57)54(28-23-24-31-30-12-3-5-19-39(30)60-40(31)26-28)36-16-9-21-42-44(36)32-13-4-6-20-41(32)62-42/h1-26,55-59H. The number of phenolic OH excluding ortho intramolecular Hbond substituents is 5. The van der Waals surface area contributed by atoms with E-state index in [0.29, 0.717) is 44.8 Å². The third kappa shape index (κ3) is 4.29. The van der Waals surface area contributed by atoms with Crippen molar-refractivity contribution < 1.29 is 34.7 Å². The molecule has 5 N–H and O–H groups in total. The summed E-state index contributed by atoms with van der Waals surface area (Å²) in [6.07, 6.45) is 0. The Labute approximate surface area is 356 Å². The van der Waals surface area contributed by atoms with Crippen LogP contribution in [0.3, 0.4) is 0 Å². The van der Waals surface area contributed by atoms with Crippen molar-refractivity contribution in [3.05, 3.63) is 180 Å². The zero-order valence-corrected chi connectivity index (χ0v) is 33.2.